The molecule has 0 amide bonds. The molecule has 1 atom stereocenters. The third kappa shape index (κ3) is 11.9. The minimum absolute atomic E-state index is 0.243. The molecule has 0 aliphatic heterocycles. The number of rotatable bonds is 11. The Labute approximate surface area is 178 Å². The van der Waals surface area contributed by atoms with Crippen LogP contribution >= 0.6 is 0 Å². The lowest BCUT2D eigenvalue weighted by Gasteiger charge is -2.15. The van der Waals surface area contributed by atoms with Gasteiger partial charge in [0.1, 0.15) is 6.10 Å². The minimum atomic E-state index is -0.264. The van der Waals surface area contributed by atoms with Crippen molar-refractivity contribution in [1.29, 1.82) is 0 Å². The minimum Gasteiger partial charge on any atom is -0.454 e. The molecule has 1 aromatic rings. The molecule has 0 radical (unpaired) electrons. The van der Waals surface area contributed by atoms with Crippen LogP contribution < -0.4 is 0 Å². The van der Waals surface area contributed by atoms with E-state index in [1.807, 2.05) is 18.2 Å². The van der Waals surface area contributed by atoms with Gasteiger partial charge in [-0.25, -0.2) is 4.79 Å². The van der Waals surface area contributed by atoms with E-state index < -0.39 is 0 Å². The van der Waals surface area contributed by atoms with E-state index in [0.29, 0.717) is 12.0 Å². The second kappa shape index (κ2) is 13.8. The van der Waals surface area contributed by atoms with E-state index in [9.17, 15) is 4.79 Å². The smallest absolute Gasteiger partial charge is 0.338 e. The Morgan fingerprint density at radius 1 is 0.828 bits per heavy atom. The molecular weight excluding hydrogens is 356 g/mol. The molecule has 0 aliphatic rings. The van der Waals surface area contributed by atoms with Gasteiger partial charge < -0.3 is 4.74 Å². The Morgan fingerprint density at radius 3 is 1.93 bits per heavy atom. The maximum Gasteiger partial charge on any atom is 0.338 e. The van der Waals surface area contributed by atoms with Crippen molar-refractivity contribution in [2.45, 2.75) is 79.8 Å². The van der Waals surface area contributed by atoms with E-state index in [2.05, 4.69) is 65.8 Å². The first-order valence-corrected chi connectivity index (χ1v) is 10.6. The molecule has 0 spiro atoms. The number of carbonyl (C=O) groups excluding carboxylic acids is 1. The summed E-state index contributed by atoms with van der Waals surface area (Å²) in [7, 11) is 0. The Hall–Kier alpha value is -2.35. The molecule has 1 unspecified atom stereocenters. The van der Waals surface area contributed by atoms with Crippen molar-refractivity contribution in [3.05, 3.63) is 82.5 Å². The van der Waals surface area contributed by atoms with Crippen molar-refractivity contribution < 1.29 is 9.53 Å². The molecule has 0 bridgehead atoms. The summed E-state index contributed by atoms with van der Waals surface area (Å²) < 4.78 is 5.84. The molecule has 0 N–H and O–H groups in total. The fraction of sp³-hybridized carbons (Fsp3) is 0.444. The first kappa shape index (κ1) is 24.7. The van der Waals surface area contributed by atoms with E-state index in [1.165, 1.54) is 22.3 Å². The average Bonchev–Trinajstić information content (AvgIpc) is 2.66. The number of carbonyl (C=O) groups is 1. The molecule has 2 heteroatoms. The van der Waals surface area contributed by atoms with E-state index in [-0.39, 0.29) is 12.1 Å². The molecule has 1 aromatic carbocycles. The van der Waals surface area contributed by atoms with Crippen molar-refractivity contribution in [3.63, 3.8) is 0 Å². The highest BCUT2D eigenvalue weighted by molar-refractivity contribution is 5.89. The number of ether oxygens (including phenoxy) is 1. The zero-order chi connectivity index (χ0) is 21.6. The molecule has 0 aromatic heterocycles. The van der Waals surface area contributed by atoms with Crippen molar-refractivity contribution >= 4 is 5.97 Å². The lowest BCUT2D eigenvalue weighted by atomic mass is 10.0. The van der Waals surface area contributed by atoms with Gasteiger partial charge in [0, 0.05) is 6.42 Å². The van der Waals surface area contributed by atoms with Crippen molar-refractivity contribution in [2.24, 2.45) is 0 Å². The molecule has 0 saturated heterocycles. The Balaban J connectivity index is 2.82. The van der Waals surface area contributed by atoms with Crippen molar-refractivity contribution in [2.75, 3.05) is 0 Å². The number of hydrogen-bond acceptors (Lipinski definition) is 2. The van der Waals surface area contributed by atoms with E-state index in [0.717, 1.165) is 25.7 Å². The van der Waals surface area contributed by atoms with Crippen LogP contribution in [-0.4, -0.2) is 12.1 Å². The predicted octanol–water partition coefficient (Wildman–Crippen LogP) is 7.99. The van der Waals surface area contributed by atoms with Crippen LogP contribution in [0.3, 0.4) is 0 Å². The van der Waals surface area contributed by atoms with Gasteiger partial charge in [0.15, 0.2) is 0 Å². The molecule has 0 heterocycles. The maximum atomic E-state index is 12.5. The van der Waals surface area contributed by atoms with Gasteiger partial charge in [-0.3, -0.25) is 0 Å². The first-order chi connectivity index (χ1) is 13.8. The summed E-state index contributed by atoms with van der Waals surface area (Å²) in [6.45, 7) is 12.8. The number of hydrogen-bond donors (Lipinski definition) is 0. The lowest BCUT2D eigenvalue weighted by Crippen LogP contribution is -2.16. The molecule has 29 heavy (non-hydrogen) atoms. The molecule has 158 valence electrons. The second-order valence-electron chi connectivity index (χ2n) is 8.25. The van der Waals surface area contributed by atoms with Crippen LogP contribution in [0, 0.1) is 0 Å². The van der Waals surface area contributed by atoms with Gasteiger partial charge in [-0.05, 0) is 85.4 Å². The van der Waals surface area contributed by atoms with Crippen molar-refractivity contribution in [1.82, 2.24) is 0 Å². The van der Waals surface area contributed by atoms with Gasteiger partial charge >= 0.3 is 5.97 Å². The molecular formula is C27H38O2. The largest absolute Gasteiger partial charge is 0.454 e. The molecule has 1 rings (SSSR count). The fourth-order valence-electron chi connectivity index (χ4n) is 2.93. The number of esters is 1. The van der Waals surface area contributed by atoms with Gasteiger partial charge in [-0.15, -0.1) is 0 Å². The molecule has 0 aliphatic carbocycles. The van der Waals surface area contributed by atoms with Crippen molar-refractivity contribution in [3.8, 4) is 0 Å². The zero-order valence-electron chi connectivity index (χ0n) is 19.1. The highest BCUT2D eigenvalue weighted by atomic mass is 16.5. The lowest BCUT2D eigenvalue weighted by molar-refractivity contribution is 0.0398. The number of benzene rings is 1. The van der Waals surface area contributed by atoms with Gasteiger partial charge in [-0.1, -0.05) is 58.7 Å². The normalized spacial score (nSPS) is 12.9. The molecule has 0 saturated carbocycles. The standard InChI is InChI=1S/C27H38O2/c1-21(2)12-10-14-23(5)18-19-26(20-24(6)15-11-13-22(3)4)29-27(28)25-16-8-7-9-17-25/h7-9,12-13,16-18,20,26H,10-11,14-15,19H2,1-6H3. The Bertz CT molecular complexity index is 740. The van der Waals surface area contributed by atoms with Gasteiger partial charge in [-0.2, -0.15) is 0 Å². The third-order valence-corrected chi connectivity index (χ3v) is 4.62. The van der Waals surface area contributed by atoms with Gasteiger partial charge in [0.2, 0.25) is 0 Å². The van der Waals surface area contributed by atoms with Gasteiger partial charge in [0.25, 0.3) is 0 Å². The summed E-state index contributed by atoms with van der Waals surface area (Å²) in [6, 6.07) is 9.22. The summed E-state index contributed by atoms with van der Waals surface area (Å²) in [5.74, 6) is -0.264. The van der Waals surface area contributed by atoms with E-state index in [4.69, 9.17) is 4.74 Å². The number of allylic oxidation sites excluding steroid dienone is 6. The van der Waals surface area contributed by atoms with Crippen LogP contribution in [0.25, 0.3) is 0 Å². The summed E-state index contributed by atoms with van der Waals surface area (Å²) >= 11 is 0. The predicted molar refractivity (Wildman–Crippen MR) is 125 cm³/mol. The van der Waals surface area contributed by atoms with E-state index >= 15 is 0 Å². The quantitative estimate of drug-likeness (QED) is 0.281. The molecule has 0 fully saturated rings. The monoisotopic (exact) mass is 394 g/mol. The summed E-state index contributed by atoms with van der Waals surface area (Å²) in [5, 5.41) is 0. The van der Waals surface area contributed by atoms with Crippen LogP contribution in [0.2, 0.25) is 0 Å². The topological polar surface area (TPSA) is 26.3 Å². The SMILES string of the molecule is CC(C)=CCCC(C)=CCC(C=C(C)CCC=C(C)C)OC(=O)c1ccccc1. The van der Waals surface area contributed by atoms with Crippen LogP contribution in [0.1, 0.15) is 84.0 Å². The van der Waals surface area contributed by atoms with Crippen LogP contribution in [0.4, 0.5) is 0 Å². The zero-order valence-corrected chi connectivity index (χ0v) is 19.1. The second-order valence-corrected chi connectivity index (χ2v) is 8.25. The Morgan fingerprint density at radius 2 is 1.38 bits per heavy atom. The fourth-order valence-corrected chi connectivity index (χ4v) is 2.93. The summed E-state index contributed by atoms with van der Waals surface area (Å²) in [6.07, 6.45) is 13.4. The van der Waals surface area contributed by atoms with Crippen LogP contribution in [0.15, 0.2) is 76.9 Å². The van der Waals surface area contributed by atoms with Gasteiger partial charge in [0.05, 0.1) is 5.56 Å². The summed E-state index contributed by atoms with van der Waals surface area (Å²) in [4.78, 5) is 12.5. The van der Waals surface area contributed by atoms with E-state index in [1.54, 1.807) is 12.1 Å². The third-order valence-electron chi connectivity index (χ3n) is 4.62. The first-order valence-electron chi connectivity index (χ1n) is 10.6. The molecule has 2 nitrogen and oxygen atoms in total. The average molecular weight is 395 g/mol. The maximum absolute atomic E-state index is 12.5. The summed E-state index contributed by atoms with van der Waals surface area (Å²) in [5.41, 5.74) is 5.86. The highest BCUT2D eigenvalue weighted by Gasteiger charge is 2.13. The Kier molecular flexibility index (Phi) is 11.7. The highest BCUT2D eigenvalue weighted by Crippen LogP contribution is 2.16. The van der Waals surface area contributed by atoms with Crippen LogP contribution in [0.5, 0.6) is 0 Å². The van der Waals surface area contributed by atoms with Crippen LogP contribution in [-0.2, 0) is 4.74 Å².